The molecule has 0 bridgehead atoms. The van der Waals surface area contributed by atoms with Crippen LogP contribution in [0.3, 0.4) is 0 Å². The van der Waals surface area contributed by atoms with Gasteiger partial charge in [0.05, 0.1) is 11.8 Å². The summed E-state index contributed by atoms with van der Waals surface area (Å²) in [6.07, 6.45) is 1.40. The van der Waals surface area contributed by atoms with Crippen LogP contribution >= 0.6 is 11.8 Å². The van der Waals surface area contributed by atoms with Crippen LogP contribution in [0.25, 0.3) is 0 Å². The Kier molecular flexibility index (Phi) is 4.59. The molecule has 2 rings (SSSR count). The molecule has 0 spiro atoms. The fraction of sp³-hybridized carbons (Fsp3) is 0.214. The van der Waals surface area contributed by atoms with Crippen LogP contribution in [0.4, 0.5) is 0 Å². The van der Waals surface area contributed by atoms with Gasteiger partial charge in [-0.05, 0) is 17.7 Å². The lowest BCUT2D eigenvalue weighted by molar-refractivity contribution is 0.204. The van der Waals surface area contributed by atoms with Gasteiger partial charge in [0.2, 0.25) is 0 Å². The highest BCUT2D eigenvalue weighted by atomic mass is 32.2. The molecule has 0 aliphatic heterocycles. The molecule has 2 nitrogen and oxygen atoms in total. The molecule has 1 aromatic heterocycles. The number of nitrogens with zero attached hydrogens (tertiary/aromatic N) is 1. The first-order valence-electron chi connectivity index (χ1n) is 5.57. The number of aliphatic hydroxyl groups excluding tert-OH is 1. The van der Waals surface area contributed by atoms with E-state index in [1.807, 2.05) is 48.5 Å². The van der Waals surface area contributed by atoms with Gasteiger partial charge in [0, 0.05) is 17.7 Å². The first-order valence-corrected chi connectivity index (χ1v) is 6.72. The van der Waals surface area contributed by atoms with Gasteiger partial charge in [-0.3, -0.25) is 4.98 Å². The number of thioether (sulfide) groups is 1. The Morgan fingerprint density at radius 2 is 1.82 bits per heavy atom. The molecular formula is C14H15NOS. The lowest BCUT2D eigenvalue weighted by Crippen LogP contribution is -2.00. The summed E-state index contributed by atoms with van der Waals surface area (Å²) in [6.45, 7) is 0. The maximum absolute atomic E-state index is 9.96. The summed E-state index contributed by atoms with van der Waals surface area (Å²) in [7, 11) is 0. The molecule has 88 valence electrons. The molecule has 3 heteroatoms. The largest absolute Gasteiger partial charge is 0.388 e. The first kappa shape index (κ1) is 12.1. The Morgan fingerprint density at radius 3 is 2.53 bits per heavy atom. The van der Waals surface area contributed by atoms with Crippen molar-refractivity contribution in [2.45, 2.75) is 11.9 Å². The molecule has 17 heavy (non-hydrogen) atoms. The fourth-order valence-electron chi connectivity index (χ4n) is 1.53. The molecule has 1 aromatic carbocycles. The van der Waals surface area contributed by atoms with Gasteiger partial charge in [-0.15, -0.1) is 0 Å². The molecule has 0 radical (unpaired) electrons. The topological polar surface area (TPSA) is 33.1 Å². The van der Waals surface area contributed by atoms with E-state index in [0.717, 1.165) is 17.0 Å². The second kappa shape index (κ2) is 6.42. The number of rotatable bonds is 5. The number of hydrogen-bond acceptors (Lipinski definition) is 3. The molecule has 0 saturated carbocycles. The van der Waals surface area contributed by atoms with Crippen LogP contribution < -0.4 is 0 Å². The van der Waals surface area contributed by atoms with Crippen molar-refractivity contribution in [3.8, 4) is 0 Å². The Hall–Kier alpha value is -1.32. The second-order valence-electron chi connectivity index (χ2n) is 3.76. The molecular weight excluding hydrogens is 230 g/mol. The van der Waals surface area contributed by atoms with E-state index in [1.165, 1.54) is 0 Å². The van der Waals surface area contributed by atoms with E-state index >= 15 is 0 Å². The normalized spacial score (nSPS) is 12.3. The SMILES string of the molecule is OC(CSCc1ccccn1)c1ccccc1. The predicted molar refractivity (Wildman–Crippen MR) is 71.8 cm³/mol. The Morgan fingerprint density at radius 1 is 1.06 bits per heavy atom. The molecule has 2 aromatic rings. The summed E-state index contributed by atoms with van der Waals surface area (Å²) in [5.74, 6) is 1.53. The van der Waals surface area contributed by atoms with Crippen LogP contribution in [0.1, 0.15) is 17.4 Å². The van der Waals surface area contributed by atoms with Crippen molar-refractivity contribution in [1.29, 1.82) is 0 Å². The minimum atomic E-state index is -0.398. The molecule has 0 aliphatic carbocycles. The van der Waals surface area contributed by atoms with Crippen LogP contribution in [0.15, 0.2) is 54.7 Å². The molecule has 1 N–H and O–H groups in total. The molecule has 1 atom stereocenters. The third kappa shape index (κ3) is 3.88. The summed E-state index contributed by atoms with van der Waals surface area (Å²) >= 11 is 1.70. The highest BCUT2D eigenvalue weighted by Gasteiger charge is 2.06. The van der Waals surface area contributed by atoms with Gasteiger partial charge < -0.3 is 5.11 Å². The third-order valence-electron chi connectivity index (χ3n) is 2.44. The molecule has 0 fully saturated rings. The van der Waals surface area contributed by atoms with Crippen molar-refractivity contribution in [2.75, 3.05) is 5.75 Å². The highest BCUT2D eigenvalue weighted by molar-refractivity contribution is 7.98. The molecule has 1 heterocycles. The van der Waals surface area contributed by atoms with E-state index < -0.39 is 6.10 Å². The van der Waals surface area contributed by atoms with E-state index in [4.69, 9.17) is 0 Å². The maximum atomic E-state index is 9.96. The zero-order chi connectivity index (χ0) is 11.9. The van der Waals surface area contributed by atoms with Crippen molar-refractivity contribution in [3.05, 3.63) is 66.0 Å². The number of aliphatic hydroxyl groups is 1. The zero-order valence-electron chi connectivity index (χ0n) is 9.49. The minimum Gasteiger partial charge on any atom is -0.388 e. The summed E-state index contributed by atoms with van der Waals surface area (Å²) in [6, 6.07) is 15.6. The van der Waals surface area contributed by atoms with Gasteiger partial charge >= 0.3 is 0 Å². The van der Waals surface area contributed by atoms with E-state index in [2.05, 4.69) is 4.98 Å². The van der Waals surface area contributed by atoms with Crippen LogP contribution in [0.5, 0.6) is 0 Å². The zero-order valence-corrected chi connectivity index (χ0v) is 10.3. The Labute approximate surface area is 106 Å². The van der Waals surface area contributed by atoms with E-state index in [0.29, 0.717) is 5.75 Å². The number of pyridine rings is 1. The first-order chi connectivity index (χ1) is 8.36. The quantitative estimate of drug-likeness (QED) is 0.879. The predicted octanol–water partition coefficient (Wildman–Crippen LogP) is 3.05. The lowest BCUT2D eigenvalue weighted by Gasteiger charge is -2.10. The van der Waals surface area contributed by atoms with Gasteiger partial charge in [-0.2, -0.15) is 11.8 Å². The van der Waals surface area contributed by atoms with Gasteiger partial charge in [-0.25, -0.2) is 0 Å². The summed E-state index contributed by atoms with van der Waals surface area (Å²) in [5, 5.41) is 9.96. The molecule has 1 unspecified atom stereocenters. The monoisotopic (exact) mass is 245 g/mol. The van der Waals surface area contributed by atoms with Crippen molar-refractivity contribution in [3.63, 3.8) is 0 Å². The Bertz CT molecular complexity index is 432. The lowest BCUT2D eigenvalue weighted by atomic mass is 10.1. The maximum Gasteiger partial charge on any atom is 0.0880 e. The number of aromatic nitrogens is 1. The van der Waals surface area contributed by atoms with Gasteiger partial charge in [0.25, 0.3) is 0 Å². The van der Waals surface area contributed by atoms with Crippen molar-refractivity contribution in [2.24, 2.45) is 0 Å². The van der Waals surface area contributed by atoms with Crippen LogP contribution in [-0.4, -0.2) is 15.8 Å². The molecule has 0 amide bonds. The number of benzene rings is 1. The average molecular weight is 245 g/mol. The van der Waals surface area contributed by atoms with Crippen molar-refractivity contribution in [1.82, 2.24) is 4.98 Å². The molecule has 0 saturated heterocycles. The smallest absolute Gasteiger partial charge is 0.0880 e. The summed E-state index contributed by atoms with van der Waals surface area (Å²) in [4.78, 5) is 4.25. The molecule has 0 aliphatic rings. The van der Waals surface area contributed by atoms with Gasteiger partial charge in [0.15, 0.2) is 0 Å². The minimum absolute atomic E-state index is 0.398. The Balaban J connectivity index is 1.79. The van der Waals surface area contributed by atoms with Gasteiger partial charge in [0.1, 0.15) is 0 Å². The van der Waals surface area contributed by atoms with Gasteiger partial charge in [-0.1, -0.05) is 36.4 Å². The third-order valence-corrected chi connectivity index (χ3v) is 3.49. The number of hydrogen-bond donors (Lipinski definition) is 1. The van der Waals surface area contributed by atoms with Crippen molar-refractivity contribution >= 4 is 11.8 Å². The fourth-order valence-corrected chi connectivity index (χ4v) is 2.44. The average Bonchev–Trinajstić information content (AvgIpc) is 2.41. The van der Waals surface area contributed by atoms with Crippen LogP contribution in [0.2, 0.25) is 0 Å². The van der Waals surface area contributed by atoms with Crippen LogP contribution in [0, 0.1) is 0 Å². The van der Waals surface area contributed by atoms with Crippen molar-refractivity contribution < 1.29 is 5.11 Å². The van der Waals surface area contributed by atoms with E-state index in [9.17, 15) is 5.11 Å². The standard InChI is InChI=1S/C14H15NOS/c16-14(12-6-2-1-3-7-12)11-17-10-13-8-4-5-9-15-13/h1-9,14,16H,10-11H2. The highest BCUT2D eigenvalue weighted by Crippen LogP contribution is 2.20. The van der Waals surface area contributed by atoms with E-state index in [-0.39, 0.29) is 0 Å². The summed E-state index contributed by atoms with van der Waals surface area (Å²) in [5.41, 5.74) is 2.03. The van der Waals surface area contributed by atoms with E-state index in [1.54, 1.807) is 18.0 Å². The summed E-state index contributed by atoms with van der Waals surface area (Å²) < 4.78 is 0. The van der Waals surface area contributed by atoms with Crippen LogP contribution in [-0.2, 0) is 5.75 Å². The second-order valence-corrected chi connectivity index (χ2v) is 4.79.